The standard InChI is InChI=1S/C13H8Cl2FN5/c14-9-5-4-7(17)6-8(9)13-18-19-20-21(13)12-10(15)2-1-3-11(12)16/h1-6H,17H2. The molecule has 0 unspecified atom stereocenters. The number of halogens is 3. The van der Waals surface area contributed by atoms with E-state index >= 15 is 0 Å². The molecule has 0 bridgehead atoms. The highest BCUT2D eigenvalue weighted by molar-refractivity contribution is 6.33. The molecule has 0 saturated carbocycles. The Hall–Kier alpha value is -2.18. The van der Waals surface area contributed by atoms with Gasteiger partial charge in [-0.1, -0.05) is 29.3 Å². The van der Waals surface area contributed by atoms with Crippen LogP contribution in [0.4, 0.5) is 10.1 Å². The highest BCUT2D eigenvalue weighted by Crippen LogP contribution is 2.31. The number of nitrogens with zero attached hydrogens (tertiary/aromatic N) is 4. The molecule has 0 radical (unpaired) electrons. The third kappa shape index (κ3) is 2.43. The molecule has 21 heavy (non-hydrogen) atoms. The first-order valence-corrected chi connectivity index (χ1v) is 6.61. The number of anilines is 1. The minimum absolute atomic E-state index is 0.0534. The number of rotatable bonds is 2. The number of para-hydroxylation sites is 1. The van der Waals surface area contributed by atoms with Gasteiger partial charge in [0.05, 0.1) is 10.0 Å². The molecule has 2 aromatic carbocycles. The fourth-order valence-corrected chi connectivity index (χ4v) is 2.36. The van der Waals surface area contributed by atoms with Gasteiger partial charge in [0, 0.05) is 11.3 Å². The number of tetrazole rings is 1. The van der Waals surface area contributed by atoms with Gasteiger partial charge in [0.15, 0.2) is 11.6 Å². The molecule has 0 aliphatic rings. The predicted molar refractivity (Wildman–Crippen MR) is 79.0 cm³/mol. The van der Waals surface area contributed by atoms with Crippen LogP contribution in [0, 0.1) is 5.82 Å². The SMILES string of the molecule is Nc1ccc(Cl)c(-c2nnnn2-c2c(F)cccc2Cl)c1. The van der Waals surface area contributed by atoms with Gasteiger partial charge in [0.2, 0.25) is 0 Å². The van der Waals surface area contributed by atoms with Crippen molar-refractivity contribution < 1.29 is 4.39 Å². The highest BCUT2D eigenvalue weighted by atomic mass is 35.5. The van der Waals surface area contributed by atoms with Crippen molar-refractivity contribution in [3.63, 3.8) is 0 Å². The molecule has 1 heterocycles. The second-order valence-corrected chi connectivity index (χ2v) is 5.04. The summed E-state index contributed by atoms with van der Waals surface area (Å²) in [5, 5.41) is 11.8. The molecule has 0 spiro atoms. The second-order valence-electron chi connectivity index (χ2n) is 4.22. The number of nitrogen functional groups attached to an aromatic ring is 1. The maximum atomic E-state index is 14.0. The minimum Gasteiger partial charge on any atom is -0.399 e. The van der Waals surface area contributed by atoms with Gasteiger partial charge < -0.3 is 5.73 Å². The fourth-order valence-electron chi connectivity index (χ4n) is 1.91. The maximum Gasteiger partial charge on any atom is 0.188 e. The molecule has 0 atom stereocenters. The van der Waals surface area contributed by atoms with Gasteiger partial charge in [-0.3, -0.25) is 0 Å². The van der Waals surface area contributed by atoms with Crippen molar-refractivity contribution in [2.24, 2.45) is 0 Å². The Balaban J connectivity index is 2.25. The van der Waals surface area contributed by atoms with Crippen molar-refractivity contribution in [3.8, 4) is 17.1 Å². The van der Waals surface area contributed by atoms with E-state index in [0.29, 0.717) is 16.3 Å². The number of hydrogen-bond donors (Lipinski definition) is 1. The summed E-state index contributed by atoms with van der Waals surface area (Å²) in [7, 11) is 0. The molecular formula is C13H8Cl2FN5. The van der Waals surface area contributed by atoms with Gasteiger partial charge in [-0.15, -0.1) is 5.10 Å². The van der Waals surface area contributed by atoms with Crippen LogP contribution in [-0.4, -0.2) is 20.2 Å². The van der Waals surface area contributed by atoms with Crippen LogP contribution in [0.15, 0.2) is 36.4 Å². The molecule has 106 valence electrons. The van der Waals surface area contributed by atoms with Crippen LogP contribution >= 0.6 is 23.2 Å². The molecule has 3 aromatic rings. The number of hydrogen-bond acceptors (Lipinski definition) is 4. The van der Waals surface area contributed by atoms with Gasteiger partial charge in [-0.25, -0.2) is 4.39 Å². The van der Waals surface area contributed by atoms with Gasteiger partial charge in [-0.05, 0) is 40.8 Å². The largest absolute Gasteiger partial charge is 0.399 e. The number of aromatic nitrogens is 4. The zero-order chi connectivity index (χ0) is 15.0. The van der Waals surface area contributed by atoms with Crippen molar-refractivity contribution in [2.75, 3.05) is 5.73 Å². The highest BCUT2D eigenvalue weighted by Gasteiger charge is 2.19. The van der Waals surface area contributed by atoms with Crippen LogP contribution in [-0.2, 0) is 0 Å². The zero-order valence-electron chi connectivity index (χ0n) is 10.5. The Kier molecular flexibility index (Phi) is 3.48. The Bertz CT molecular complexity index is 798. The van der Waals surface area contributed by atoms with Crippen molar-refractivity contribution in [1.29, 1.82) is 0 Å². The summed E-state index contributed by atoms with van der Waals surface area (Å²) in [6, 6.07) is 9.20. The van der Waals surface area contributed by atoms with E-state index in [1.54, 1.807) is 24.3 Å². The van der Waals surface area contributed by atoms with E-state index in [1.165, 1.54) is 16.8 Å². The predicted octanol–water partition coefficient (Wildman–Crippen LogP) is 3.36. The molecule has 0 saturated heterocycles. The van der Waals surface area contributed by atoms with Crippen LogP contribution in [0.3, 0.4) is 0 Å². The average molecular weight is 324 g/mol. The third-order valence-corrected chi connectivity index (χ3v) is 3.48. The summed E-state index contributed by atoms with van der Waals surface area (Å²) in [6.45, 7) is 0. The van der Waals surface area contributed by atoms with E-state index in [0.717, 1.165) is 0 Å². The quantitative estimate of drug-likeness (QED) is 0.734. The molecule has 0 amide bonds. The lowest BCUT2D eigenvalue weighted by Crippen LogP contribution is -2.04. The first-order valence-electron chi connectivity index (χ1n) is 5.86. The van der Waals surface area contributed by atoms with Crippen LogP contribution in [0.2, 0.25) is 10.0 Å². The van der Waals surface area contributed by atoms with E-state index in [-0.39, 0.29) is 16.5 Å². The molecule has 3 rings (SSSR count). The smallest absolute Gasteiger partial charge is 0.188 e. The number of benzene rings is 2. The summed E-state index contributed by atoms with van der Waals surface area (Å²) in [6.07, 6.45) is 0. The average Bonchev–Trinajstić information content (AvgIpc) is 2.90. The molecule has 0 aliphatic heterocycles. The lowest BCUT2D eigenvalue weighted by molar-refractivity contribution is 0.608. The number of nitrogens with two attached hydrogens (primary N) is 1. The topological polar surface area (TPSA) is 69.6 Å². The molecular weight excluding hydrogens is 316 g/mol. The van der Waals surface area contributed by atoms with Crippen molar-refractivity contribution in [1.82, 2.24) is 20.2 Å². The Morgan fingerprint density at radius 3 is 2.67 bits per heavy atom. The van der Waals surface area contributed by atoms with Crippen LogP contribution in [0.5, 0.6) is 0 Å². The maximum absolute atomic E-state index is 14.0. The Labute approximate surface area is 129 Å². The fraction of sp³-hybridized carbons (Fsp3) is 0. The first-order chi connectivity index (χ1) is 10.1. The summed E-state index contributed by atoms with van der Waals surface area (Å²) < 4.78 is 15.2. The van der Waals surface area contributed by atoms with E-state index < -0.39 is 5.82 Å². The summed E-state index contributed by atoms with van der Waals surface area (Å²) in [4.78, 5) is 0. The lowest BCUT2D eigenvalue weighted by atomic mass is 10.2. The minimum atomic E-state index is -0.545. The van der Waals surface area contributed by atoms with Gasteiger partial charge in [-0.2, -0.15) is 4.68 Å². The summed E-state index contributed by atoms with van der Waals surface area (Å²) >= 11 is 12.2. The molecule has 5 nitrogen and oxygen atoms in total. The first kappa shape index (κ1) is 13.8. The van der Waals surface area contributed by atoms with Crippen molar-refractivity contribution in [3.05, 3.63) is 52.3 Å². The Morgan fingerprint density at radius 2 is 1.90 bits per heavy atom. The summed E-state index contributed by atoms with van der Waals surface area (Å²) in [5.41, 5.74) is 6.78. The monoisotopic (exact) mass is 323 g/mol. The van der Waals surface area contributed by atoms with Gasteiger partial charge in [0.25, 0.3) is 0 Å². The van der Waals surface area contributed by atoms with E-state index in [1.807, 2.05) is 0 Å². The van der Waals surface area contributed by atoms with E-state index in [9.17, 15) is 4.39 Å². The van der Waals surface area contributed by atoms with Crippen LogP contribution < -0.4 is 5.73 Å². The molecule has 0 fully saturated rings. The summed E-state index contributed by atoms with van der Waals surface area (Å²) in [5.74, 6) is -0.296. The van der Waals surface area contributed by atoms with Gasteiger partial charge >= 0.3 is 0 Å². The van der Waals surface area contributed by atoms with Crippen LogP contribution in [0.25, 0.3) is 17.1 Å². The normalized spacial score (nSPS) is 10.8. The third-order valence-electron chi connectivity index (χ3n) is 2.85. The molecule has 8 heteroatoms. The van der Waals surface area contributed by atoms with Gasteiger partial charge in [0.1, 0.15) is 5.69 Å². The Morgan fingerprint density at radius 1 is 1.10 bits per heavy atom. The zero-order valence-corrected chi connectivity index (χ0v) is 12.0. The molecule has 2 N–H and O–H groups in total. The molecule has 1 aromatic heterocycles. The molecule has 0 aliphatic carbocycles. The van der Waals surface area contributed by atoms with E-state index in [4.69, 9.17) is 28.9 Å². The van der Waals surface area contributed by atoms with Crippen LogP contribution in [0.1, 0.15) is 0 Å². The van der Waals surface area contributed by atoms with E-state index in [2.05, 4.69) is 15.5 Å². The second kappa shape index (κ2) is 5.31. The lowest BCUT2D eigenvalue weighted by Gasteiger charge is -2.09. The van der Waals surface area contributed by atoms with Crippen molar-refractivity contribution in [2.45, 2.75) is 0 Å². The van der Waals surface area contributed by atoms with Crippen molar-refractivity contribution >= 4 is 28.9 Å².